The molecular weight excluding hydrogens is 252 g/mol. The van der Waals surface area contributed by atoms with Crippen molar-refractivity contribution >= 4 is 22.8 Å². The van der Waals surface area contributed by atoms with E-state index in [-0.39, 0.29) is 13.0 Å². The molecule has 19 heavy (non-hydrogen) atoms. The van der Waals surface area contributed by atoms with Crippen LogP contribution in [-0.4, -0.2) is 39.9 Å². The number of carbonyl (C=O) groups is 2. The van der Waals surface area contributed by atoms with E-state index in [1.54, 1.807) is 24.3 Å². The predicted octanol–water partition coefficient (Wildman–Crippen LogP) is -0.0680. The number of carboxylic acids is 1. The maximum Gasteiger partial charge on any atom is 0.334 e. The molecule has 7 heteroatoms. The van der Waals surface area contributed by atoms with Gasteiger partial charge in [-0.2, -0.15) is 0 Å². The first kappa shape index (κ1) is 13.0. The summed E-state index contributed by atoms with van der Waals surface area (Å²) in [6.07, 6.45) is -1.65. The standard InChI is InChI=1S/C12H12N2O5/c15-9(12(17)18)6-13-11(16)5-8-7-3-1-2-4-10(7)19-14-8/h1-4,9,15H,5-6H2,(H,13,16)(H,17,18)/t9-/m0/s1. The second kappa shape index (κ2) is 5.49. The molecule has 0 aliphatic heterocycles. The van der Waals surface area contributed by atoms with Gasteiger partial charge in [-0.1, -0.05) is 17.3 Å². The van der Waals surface area contributed by atoms with Crippen LogP contribution in [-0.2, 0) is 16.0 Å². The maximum absolute atomic E-state index is 11.6. The van der Waals surface area contributed by atoms with Gasteiger partial charge in [-0.3, -0.25) is 4.79 Å². The smallest absolute Gasteiger partial charge is 0.334 e. The Labute approximate surface area is 107 Å². The minimum atomic E-state index is -1.61. The molecule has 0 saturated carbocycles. The van der Waals surface area contributed by atoms with Gasteiger partial charge in [0.2, 0.25) is 5.91 Å². The van der Waals surface area contributed by atoms with E-state index in [1.165, 1.54) is 0 Å². The van der Waals surface area contributed by atoms with Crippen LogP contribution in [0.4, 0.5) is 0 Å². The third-order valence-electron chi connectivity index (χ3n) is 2.56. The average Bonchev–Trinajstić information content (AvgIpc) is 2.79. The van der Waals surface area contributed by atoms with Crippen molar-refractivity contribution in [2.45, 2.75) is 12.5 Å². The Balaban J connectivity index is 1.97. The zero-order valence-electron chi connectivity index (χ0n) is 9.87. The fraction of sp³-hybridized carbons (Fsp3) is 0.250. The molecule has 0 aliphatic carbocycles. The molecule has 7 nitrogen and oxygen atoms in total. The number of para-hydroxylation sites is 1. The highest BCUT2D eigenvalue weighted by atomic mass is 16.5. The monoisotopic (exact) mass is 264 g/mol. The van der Waals surface area contributed by atoms with Gasteiger partial charge in [0.15, 0.2) is 11.7 Å². The van der Waals surface area contributed by atoms with Crippen molar-refractivity contribution in [3.05, 3.63) is 30.0 Å². The third kappa shape index (κ3) is 3.08. The summed E-state index contributed by atoms with van der Waals surface area (Å²) in [5.74, 6) is -1.81. The Morgan fingerprint density at radius 1 is 1.37 bits per heavy atom. The van der Waals surface area contributed by atoms with Gasteiger partial charge in [-0.25, -0.2) is 4.79 Å². The Bertz CT molecular complexity index is 607. The zero-order chi connectivity index (χ0) is 13.8. The number of benzene rings is 1. The molecule has 0 saturated heterocycles. The predicted molar refractivity (Wildman–Crippen MR) is 64.4 cm³/mol. The molecule has 100 valence electrons. The molecule has 1 aromatic carbocycles. The fourth-order valence-electron chi connectivity index (χ4n) is 1.58. The van der Waals surface area contributed by atoms with Crippen LogP contribution in [0, 0.1) is 0 Å². The van der Waals surface area contributed by atoms with Gasteiger partial charge in [0, 0.05) is 5.39 Å². The second-order valence-corrected chi connectivity index (χ2v) is 3.96. The Morgan fingerprint density at radius 3 is 2.84 bits per heavy atom. The van der Waals surface area contributed by atoms with Gasteiger partial charge in [0.05, 0.1) is 13.0 Å². The first-order chi connectivity index (χ1) is 9.08. The van der Waals surface area contributed by atoms with Gasteiger partial charge in [0.25, 0.3) is 0 Å². The molecule has 1 aromatic heterocycles. The lowest BCUT2D eigenvalue weighted by Gasteiger charge is -2.06. The molecule has 0 bridgehead atoms. The highest BCUT2D eigenvalue weighted by Gasteiger charge is 2.16. The lowest BCUT2D eigenvalue weighted by Crippen LogP contribution is -2.37. The summed E-state index contributed by atoms with van der Waals surface area (Å²) in [4.78, 5) is 22.0. The molecule has 2 aromatic rings. The first-order valence-corrected chi connectivity index (χ1v) is 5.59. The van der Waals surface area contributed by atoms with Gasteiger partial charge >= 0.3 is 5.97 Å². The quantitative estimate of drug-likeness (QED) is 0.697. The van der Waals surface area contributed by atoms with Gasteiger partial charge in [-0.05, 0) is 12.1 Å². The summed E-state index contributed by atoms with van der Waals surface area (Å²) in [6.45, 7) is -0.343. The summed E-state index contributed by atoms with van der Waals surface area (Å²) >= 11 is 0. The van der Waals surface area contributed by atoms with Crippen LogP contribution in [0.2, 0.25) is 0 Å². The average molecular weight is 264 g/mol. The van der Waals surface area contributed by atoms with Crippen molar-refractivity contribution in [2.75, 3.05) is 6.54 Å². The Hall–Kier alpha value is -2.41. The fourth-order valence-corrected chi connectivity index (χ4v) is 1.58. The van der Waals surface area contributed by atoms with Crippen LogP contribution in [0.15, 0.2) is 28.8 Å². The van der Waals surface area contributed by atoms with Gasteiger partial charge in [-0.15, -0.1) is 0 Å². The van der Waals surface area contributed by atoms with Crippen LogP contribution in [0.3, 0.4) is 0 Å². The van der Waals surface area contributed by atoms with Crippen molar-refractivity contribution in [3.8, 4) is 0 Å². The molecule has 1 heterocycles. The number of hydrogen-bond donors (Lipinski definition) is 3. The molecule has 1 amide bonds. The number of amides is 1. The summed E-state index contributed by atoms with van der Waals surface area (Å²) < 4.78 is 5.04. The third-order valence-corrected chi connectivity index (χ3v) is 2.56. The Kier molecular flexibility index (Phi) is 3.76. The molecule has 1 atom stereocenters. The maximum atomic E-state index is 11.6. The number of hydrogen-bond acceptors (Lipinski definition) is 5. The van der Waals surface area contributed by atoms with Gasteiger partial charge in [0.1, 0.15) is 5.69 Å². The molecule has 0 spiro atoms. The molecular formula is C12H12N2O5. The number of rotatable bonds is 5. The van der Waals surface area contributed by atoms with Crippen molar-refractivity contribution in [3.63, 3.8) is 0 Å². The van der Waals surface area contributed by atoms with Crippen molar-refractivity contribution in [1.82, 2.24) is 10.5 Å². The number of nitrogens with one attached hydrogen (secondary N) is 1. The summed E-state index contributed by atoms with van der Waals surface area (Å²) in [5.41, 5.74) is 1.05. The van der Waals surface area contributed by atoms with E-state index in [4.69, 9.17) is 14.7 Å². The normalized spacial score (nSPS) is 12.3. The second-order valence-electron chi connectivity index (χ2n) is 3.96. The minimum Gasteiger partial charge on any atom is -0.479 e. The molecule has 0 fully saturated rings. The zero-order valence-corrected chi connectivity index (χ0v) is 9.87. The number of aliphatic hydroxyl groups is 1. The highest BCUT2D eigenvalue weighted by Crippen LogP contribution is 2.17. The lowest BCUT2D eigenvalue weighted by atomic mass is 10.1. The van der Waals surface area contributed by atoms with Crippen molar-refractivity contribution in [1.29, 1.82) is 0 Å². The van der Waals surface area contributed by atoms with Crippen LogP contribution < -0.4 is 5.32 Å². The van der Waals surface area contributed by atoms with E-state index in [9.17, 15) is 9.59 Å². The number of aromatic nitrogens is 1. The minimum absolute atomic E-state index is 0.0383. The highest BCUT2D eigenvalue weighted by molar-refractivity contribution is 5.86. The van der Waals surface area contributed by atoms with Gasteiger partial charge < -0.3 is 20.1 Å². The van der Waals surface area contributed by atoms with E-state index in [0.29, 0.717) is 11.3 Å². The van der Waals surface area contributed by atoms with Crippen LogP contribution in [0.1, 0.15) is 5.69 Å². The number of aliphatic hydroxyl groups excluding tert-OH is 1. The van der Waals surface area contributed by atoms with E-state index in [1.807, 2.05) is 0 Å². The number of carboxylic acid groups (broad SMARTS) is 1. The largest absolute Gasteiger partial charge is 0.479 e. The van der Waals surface area contributed by atoms with E-state index in [0.717, 1.165) is 5.39 Å². The van der Waals surface area contributed by atoms with Crippen molar-refractivity contribution in [2.24, 2.45) is 0 Å². The van der Waals surface area contributed by atoms with E-state index >= 15 is 0 Å². The Morgan fingerprint density at radius 2 is 2.11 bits per heavy atom. The first-order valence-electron chi connectivity index (χ1n) is 5.59. The molecule has 0 unspecified atom stereocenters. The SMILES string of the molecule is O=C(Cc1noc2ccccc12)NC[C@H](O)C(=O)O. The summed E-state index contributed by atoms with van der Waals surface area (Å²) in [7, 11) is 0. The molecule has 3 N–H and O–H groups in total. The van der Waals surface area contributed by atoms with E-state index < -0.39 is 18.0 Å². The topological polar surface area (TPSA) is 113 Å². The van der Waals surface area contributed by atoms with Crippen LogP contribution >= 0.6 is 0 Å². The number of fused-ring (bicyclic) bond motifs is 1. The van der Waals surface area contributed by atoms with Crippen LogP contribution in [0.25, 0.3) is 11.0 Å². The van der Waals surface area contributed by atoms with E-state index in [2.05, 4.69) is 10.5 Å². The summed E-state index contributed by atoms with van der Waals surface area (Å²) in [6, 6.07) is 7.11. The molecule has 0 radical (unpaired) electrons. The summed E-state index contributed by atoms with van der Waals surface area (Å²) in [5, 5.41) is 24.3. The lowest BCUT2D eigenvalue weighted by molar-refractivity contribution is -0.146. The number of aliphatic carboxylic acids is 1. The van der Waals surface area contributed by atoms with Crippen LogP contribution in [0.5, 0.6) is 0 Å². The number of carbonyl (C=O) groups excluding carboxylic acids is 1. The number of nitrogens with zero attached hydrogens (tertiary/aromatic N) is 1. The molecule has 2 rings (SSSR count). The molecule has 0 aliphatic rings. The van der Waals surface area contributed by atoms with Crippen molar-refractivity contribution < 1.29 is 24.3 Å².